The number of benzene rings is 1. The van der Waals surface area contributed by atoms with E-state index in [0.717, 1.165) is 18.5 Å². The van der Waals surface area contributed by atoms with E-state index in [1.807, 2.05) is 17.9 Å². The molecule has 2 N–H and O–H groups in total. The van der Waals surface area contributed by atoms with Gasteiger partial charge in [0.15, 0.2) is 5.65 Å². The molecule has 0 bridgehead atoms. The van der Waals surface area contributed by atoms with Gasteiger partial charge < -0.3 is 15.3 Å². The predicted molar refractivity (Wildman–Crippen MR) is 143 cm³/mol. The number of aromatic nitrogens is 6. The van der Waals surface area contributed by atoms with Crippen LogP contribution in [0.5, 0.6) is 0 Å². The summed E-state index contributed by atoms with van der Waals surface area (Å²) in [6.45, 7) is 2.89. The van der Waals surface area contributed by atoms with E-state index in [2.05, 4.69) is 20.5 Å². The van der Waals surface area contributed by atoms with Crippen LogP contribution in [0, 0.1) is 12.8 Å². The highest BCUT2D eigenvalue weighted by molar-refractivity contribution is 6.03. The lowest BCUT2D eigenvalue weighted by molar-refractivity contribution is -0.137. The summed E-state index contributed by atoms with van der Waals surface area (Å²) in [7, 11) is 1.71. The van der Waals surface area contributed by atoms with Crippen molar-refractivity contribution in [3.05, 3.63) is 64.6 Å². The number of hydrogen-bond acceptors (Lipinski definition) is 7. The number of carbonyl (C=O) groups is 2. The van der Waals surface area contributed by atoms with E-state index in [9.17, 15) is 19.5 Å². The van der Waals surface area contributed by atoms with Crippen LogP contribution in [0.3, 0.4) is 0 Å². The quantitative estimate of drug-likeness (QED) is 0.386. The minimum atomic E-state index is -1.09. The molecule has 3 aromatic heterocycles. The smallest absolute Gasteiger partial charge is 0.273 e. The van der Waals surface area contributed by atoms with Gasteiger partial charge in [0.05, 0.1) is 29.7 Å². The predicted octanol–water partition coefficient (Wildman–Crippen LogP) is 1.64. The maximum Gasteiger partial charge on any atom is 0.273 e. The molecule has 202 valence electrons. The second-order valence-corrected chi connectivity index (χ2v) is 10.6. The number of aryl methyl sites for hydroxylation is 2. The van der Waals surface area contributed by atoms with Crippen molar-refractivity contribution >= 4 is 28.5 Å². The average Bonchev–Trinajstić information content (AvgIpc) is 3.58. The fourth-order valence-electron chi connectivity index (χ4n) is 5.19. The molecule has 1 aliphatic carbocycles. The van der Waals surface area contributed by atoms with E-state index in [1.165, 1.54) is 21.8 Å². The second kappa shape index (κ2) is 9.45. The highest BCUT2D eigenvalue weighted by Crippen LogP contribution is 2.33. The van der Waals surface area contributed by atoms with Gasteiger partial charge >= 0.3 is 0 Å². The van der Waals surface area contributed by atoms with Gasteiger partial charge in [0.1, 0.15) is 17.4 Å². The van der Waals surface area contributed by atoms with Crippen molar-refractivity contribution in [3.8, 4) is 5.69 Å². The zero-order valence-corrected chi connectivity index (χ0v) is 21.9. The van der Waals surface area contributed by atoms with Crippen molar-refractivity contribution in [1.82, 2.24) is 34.0 Å². The summed E-state index contributed by atoms with van der Waals surface area (Å²) in [5.74, 6) is 0.0480. The summed E-state index contributed by atoms with van der Waals surface area (Å²) in [5, 5.41) is 23.0. The number of hydrogen-bond donors (Lipinski definition) is 2. The Bertz CT molecular complexity index is 1640. The van der Waals surface area contributed by atoms with E-state index in [0.29, 0.717) is 54.0 Å². The van der Waals surface area contributed by atoms with E-state index >= 15 is 0 Å². The standard InChI is InChI=1S/C27H30N8O4/c1-17-12-22(32(2)31-17)24(36)30-19-4-3-5-20(13-19)35-23-21(14-29-35)26(38)34(16-28-23)15-27(39)8-10-33(11-9-27)25(37)18-6-7-18/h3-5,12-14,16,18,39H,6-11,15H2,1-2H3,(H,30,36). The van der Waals surface area contributed by atoms with Crippen LogP contribution < -0.4 is 10.9 Å². The molecular weight excluding hydrogens is 500 g/mol. The van der Waals surface area contributed by atoms with Crippen LogP contribution in [0.1, 0.15) is 41.9 Å². The molecule has 4 heterocycles. The normalized spacial score (nSPS) is 16.9. The van der Waals surface area contributed by atoms with Crippen molar-refractivity contribution in [2.45, 2.75) is 44.8 Å². The molecule has 2 fully saturated rings. The Morgan fingerprint density at radius 3 is 2.64 bits per heavy atom. The van der Waals surface area contributed by atoms with Crippen LogP contribution in [-0.2, 0) is 18.4 Å². The van der Waals surface area contributed by atoms with Crippen molar-refractivity contribution < 1.29 is 14.7 Å². The number of carbonyl (C=O) groups excluding carboxylic acids is 2. The maximum absolute atomic E-state index is 13.3. The van der Waals surface area contributed by atoms with Crippen LogP contribution in [0.2, 0.25) is 0 Å². The van der Waals surface area contributed by atoms with E-state index < -0.39 is 5.60 Å². The lowest BCUT2D eigenvalue weighted by Crippen LogP contribution is -2.50. The van der Waals surface area contributed by atoms with E-state index in [-0.39, 0.29) is 29.8 Å². The third-order valence-electron chi connectivity index (χ3n) is 7.53. The number of likely N-dealkylation sites (tertiary alicyclic amines) is 1. The summed E-state index contributed by atoms with van der Waals surface area (Å²) < 4.78 is 4.49. The number of nitrogens with zero attached hydrogens (tertiary/aromatic N) is 7. The molecule has 12 heteroatoms. The Labute approximate surface area is 223 Å². The minimum absolute atomic E-state index is 0.0976. The Kier molecular flexibility index (Phi) is 6.06. The summed E-state index contributed by atoms with van der Waals surface area (Å²) in [6.07, 6.45) is 5.62. The van der Waals surface area contributed by atoms with Gasteiger partial charge in [-0.05, 0) is 56.9 Å². The van der Waals surface area contributed by atoms with E-state index in [4.69, 9.17) is 0 Å². The molecule has 0 spiro atoms. The molecule has 1 aromatic carbocycles. The Balaban J connectivity index is 1.20. The molecule has 2 amide bonds. The molecule has 39 heavy (non-hydrogen) atoms. The summed E-state index contributed by atoms with van der Waals surface area (Å²) in [5.41, 5.74) is 1.35. The second-order valence-electron chi connectivity index (χ2n) is 10.6. The molecular formula is C27H30N8O4. The van der Waals surface area contributed by atoms with E-state index in [1.54, 1.807) is 36.0 Å². The summed E-state index contributed by atoms with van der Waals surface area (Å²) >= 11 is 0. The van der Waals surface area contributed by atoms with Gasteiger partial charge in [-0.3, -0.25) is 23.6 Å². The van der Waals surface area contributed by atoms with Gasteiger partial charge in [-0.25, -0.2) is 9.67 Å². The highest BCUT2D eigenvalue weighted by Gasteiger charge is 2.39. The number of piperidine rings is 1. The summed E-state index contributed by atoms with van der Waals surface area (Å²) in [4.78, 5) is 44.7. The van der Waals surface area contributed by atoms with Crippen LogP contribution in [-0.4, -0.2) is 69.6 Å². The molecule has 1 saturated carbocycles. The van der Waals surface area contributed by atoms with Crippen LogP contribution in [0.25, 0.3) is 16.7 Å². The van der Waals surface area contributed by atoms with Gasteiger partial charge in [0.25, 0.3) is 11.5 Å². The number of anilines is 1. The first-order valence-electron chi connectivity index (χ1n) is 13.1. The Hall–Kier alpha value is -4.32. The molecule has 4 aromatic rings. The number of nitrogens with one attached hydrogen (secondary N) is 1. The van der Waals surface area contributed by atoms with Crippen molar-refractivity contribution in [2.24, 2.45) is 13.0 Å². The first kappa shape index (κ1) is 25.0. The van der Waals surface area contributed by atoms with Gasteiger partial charge in [0.2, 0.25) is 5.91 Å². The molecule has 0 unspecified atom stereocenters. The van der Waals surface area contributed by atoms with Crippen molar-refractivity contribution in [1.29, 1.82) is 0 Å². The monoisotopic (exact) mass is 530 g/mol. The third kappa shape index (κ3) is 4.83. The van der Waals surface area contributed by atoms with Gasteiger partial charge in [-0.2, -0.15) is 10.2 Å². The van der Waals surface area contributed by atoms with Crippen molar-refractivity contribution in [2.75, 3.05) is 18.4 Å². The van der Waals surface area contributed by atoms with Gasteiger partial charge in [-0.15, -0.1) is 0 Å². The Morgan fingerprint density at radius 1 is 1.18 bits per heavy atom. The average molecular weight is 531 g/mol. The lowest BCUT2D eigenvalue weighted by atomic mass is 9.91. The first-order valence-corrected chi connectivity index (χ1v) is 13.1. The lowest BCUT2D eigenvalue weighted by Gasteiger charge is -2.38. The number of amides is 2. The number of rotatable bonds is 6. The third-order valence-corrected chi connectivity index (χ3v) is 7.53. The SMILES string of the molecule is Cc1cc(C(=O)Nc2cccc(-n3ncc4c(=O)n(CC5(O)CCN(C(=O)C6CC6)CC5)cnc43)c2)n(C)n1. The van der Waals surface area contributed by atoms with Crippen LogP contribution in [0.15, 0.2) is 47.7 Å². The number of fused-ring (bicyclic) bond motifs is 1. The molecule has 0 radical (unpaired) electrons. The first-order chi connectivity index (χ1) is 18.7. The summed E-state index contributed by atoms with van der Waals surface area (Å²) in [6, 6.07) is 8.82. The maximum atomic E-state index is 13.3. The largest absolute Gasteiger partial charge is 0.388 e. The van der Waals surface area contributed by atoms with Gasteiger partial charge in [0, 0.05) is 31.7 Å². The van der Waals surface area contributed by atoms with Crippen LogP contribution >= 0.6 is 0 Å². The topological polar surface area (TPSA) is 140 Å². The minimum Gasteiger partial charge on any atom is -0.388 e. The zero-order chi connectivity index (χ0) is 27.3. The molecule has 0 atom stereocenters. The fraction of sp³-hybridized carbons (Fsp3) is 0.407. The number of aliphatic hydroxyl groups is 1. The molecule has 1 aliphatic heterocycles. The van der Waals surface area contributed by atoms with Gasteiger partial charge in [-0.1, -0.05) is 6.07 Å². The van der Waals surface area contributed by atoms with Crippen molar-refractivity contribution in [3.63, 3.8) is 0 Å². The fourth-order valence-corrected chi connectivity index (χ4v) is 5.19. The molecule has 6 rings (SSSR count). The zero-order valence-electron chi connectivity index (χ0n) is 21.9. The molecule has 1 saturated heterocycles. The molecule has 12 nitrogen and oxygen atoms in total. The highest BCUT2D eigenvalue weighted by atomic mass is 16.3. The Morgan fingerprint density at radius 2 is 1.95 bits per heavy atom. The van der Waals surface area contributed by atoms with Crippen LogP contribution in [0.4, 0.5) is 5.69 Å². The molecule has 2 aliphatic rings.